The van der Waals surface area contributed by atoms with E-state index < -0.39 is 35.7 Å². The maximum Gasteiger partial charge on any atom is 0.437 e. The lowest BCUT2D eigenvalue weighted by Crippen LogP contribution is -2.72. The van der Waals surface area contributed by atoms with E-state index in [1.54, 1.807) is 6.07 Å². The summed E-state index contributed by atoms with van der Waals surface area (Å²) in [6.45, 7) is 0. The molecule has 0 aromatic heterocycles. The van der Waals surface area contributed by atoms with E-state index >= 15 is 0 Å². The molecule has 6 nitrogen and oxygen atoms in total. The number of aliphatic hydroxyl groups is 1. The summed E-state index contributed by atoms with van der Waals surface area (Å²) >= 11 is 0. The molecule has 1 aliphatic rings. The molecule has 28 heavy (non-hydrogen) atoms. The maximum atomic E-state index is 13.8. The minimum Gasteiger partial charge on any atom is -0.497 e. The molecule has 1 fully saturated rings. The van der Waals surface area contributed by atoms with Crippen molar-refractivity contribution in [3.63, 3.8) is 0 Å². The van der Waals surface area contributed by atoms with Crippen molar-refractivity contribution < 1.29 is 32.6 Å². The van der Waals surface area contributed by atoms with Gasteiger partial charge in [0.15, 0.2) is 5.78 Å². The lowest BCUT2D eigenvalue weighted by atomic mass is 9.77. The Morgan fingerprint density at radius 3 is 2.25 bits per heavy atom. The van der Waals surface area contributed by atoms with Crippen molar-refractivity contribution in [3.8, 4) is 5.75 Å². The van der Waals surface area contributed by atoms with Crippen LogP contribution in [0.25, 0.3) is 0 Å². The van der Waals surface area contributed by atoms with Gasteiger partial charge in [-0.3, -0.25) is 4.79 Å². The highest BCUT2D eigenvalue weighted by Gasteiger charge is 2.66. The van der Waals surface area contributed by atoms with Gasteiger partial charge in [0.1, 0.15) is 11.7 Å². The van der Waals surface area contributed by atoms with E-state index in [0.29, 0.717) is 5.75 Å². The van der Waals surface area contributed by atoms with Gasteiger partial charge in [0.05, 0.1) is 13.2 Å². The van der Waals surface area contributed by atoms with Crippen molar-refractivity contribution in [2.45, 2.75) is 17.9 Å². The van der Waals surface area contributed by atoms with Crippen molar-refractivity contribution >= 4 is 11.8 Å². The van der Waals surface area contributed by atoms with Gasteiger partial charge in [-0.15, -0.1) is 0 Å². The zero-order valence-electron chi connectivity index (χ0n) is 14.7. The molecule has 148 valence electrons. The summed E-state index contributed by atoms with van der Waals surface area (Å²) < 4.78 is 46.3. The van der Waals surface area contributed by atoms with Crippen LogP contribution in [0.15, 0.2) is 54.6 Å². The molecular weight excluding hydrogens is 377 g/mol. The summed E-state index contributed by atoms with van der Waals surface area (Å²) in [5.74, 6) is -2.57. The van der Waals surface area contributed by atoms with Crippen LogP contribution < -0.4 is 15.4 Å². The third kappa shape index (κ3) is 3.40. The molecular formula is C19H17F3N2O4. The van der Waals surface area contributed by atoms with Crippen LogP contribution in [0.2, 0.25) is 0 Å². The molecule has 3 rings (SSSR count). The number of rotatable bonds is 4. The lowest BCUT2D eigenvalue weighted by Gasteiger charge is -2.45. The number of carbonyl (C=O) groups is 2. The zero-order valence-corrected chi connectivity index (χ0v) is 14.7. The van der Waals surface area contributed by atoms with E-state index in [0.717, 1.165) is 0 Å². The number of benzene rings is 2. The van der Waals surface area contributed by atoms with Crippen LogP contribution in [0.1, 0.15) is 22.0 Å². The molecule has 1 saturated heterocycles. The van der Waals surface area contributed by atoms with E-state index in [1.165, 1.54) is 61.0 Å². The summed E-state index contributed by atoms with van der Waals surface area (Å²) in [6, 6.07) is 10.5. The molecule has 2 amide bonds. The fourth-order valence-electron chi connectivity index (χ4n) is 3.21. The molecule has 3 unspecified atom stereocenters. The van der Waals surface area contributed by atoms with Gasteiger partial charge in [-0.2, -0.15) is 13.2 Å². The quantitative estimate of drug-likeness (QED) is 0.696. The first-order valence-corrected chi connectivity index (χ1v) is 8.28. The van der Waals surface area contributed by atoms with Crippen LogP contribution in [0, 0.1) is 5.92 Å². The van der Waals surface area contributed by atoms with E-state index in [-0.39, 0.29) is 11.1 Å². The Kier molecular flexibility index (Phi) is 5.03. The highest BCUT2D eigenvalue weighted by Crippen LogP contribution is 2.44. The number of urea groups is 1. The average molecular weight is 394 g/mol. The molecule has 3 atom stereocenters. The predicted molar refractivity (Wildman–Crippen MR) is 92.7 cm³/mol. The lowest BCUT2D eigenvalue weighted by molar-refractivity contribution is -0.287. The van der Waals surface area contributed by atoms with Gasteiger partial charge in [0.25, 0.3) is 0 Å². The summed E-state index contributed by atoms with van der Waals surface area (Å²) in [5.41, 5.74) is -3.55. The van der Waals surface area contributed by atoms with Crippen LogP contribution in [0.5, 0.6) is 5.75 Å². The number of ether oxygens (including phenoxy) is 1. The third-order valence-corrected chi connectivity index (χ3v) is 4.62. The molecule has 9 heteroatoms. The van der Waals surface area contributed by atoms with E-state index in [2.05, 4.69) is 5.32 Å². The molecule has 1 aliphatic heterocycles. The second-order valence-corrected chi connectivity index (χ2v) is 6.32. The number of nitrogens with one attached hydrogen (secondary N) is 2. The largest absolute Gasteiger partial charge is 0.497 e. The van der Waals surface area contributed by atoms with Gasteiger partial charge in [-0.1, -0.05) is 42.5 Å². The fraction of sp³-hybridized carbons (Fsp3) is 0.263. The molecule has 0 radical (unpaired) electrons. The Bertz CT molecular complexity index is 871. The number of hydrogen-bond acceptors (Lipinski definition) is 4. The number of methoxy groups -OCH3 is 1. The highest BCUT2D eigenvalue weighted by atomic mass is 19.4. The van der Waals surface area contributed by atoms with E-state index in [4.69, 9.17) is 4.74 Å². The van der Waals surface area contributed by atoms with Gasteiger partial charge in [-0.05, 0) is 17.7 Å². The number of alkyl halides is 3. The summed E-state index contributed by atoms with van der Waals surface area (Å²) in [6.07, 6.45) is -5.29. The number of ketones is 1. The van der Waals surface area contributed by atoms with Crippen LogP contribution >= 0.6 is 0 Å². The number of Topliss-reactive ketones (excluding diaryl/α,β-unsaturated/α-hetero) is 1. The second kappa shape index (κ2) is 7.16. The monoisotopic (exact) mass is 394 g/mol. The molecule has 2 aromatic carbocycles. The smallest absolute Gasteiger partial charge is 0.437 e. The zero-order chi connectivity index (χ0) is 20.5. The normalized spacial score (nSPS) is 24.8. The van der Waals surface area contributed by atoms with Gasteiger partial charge < -0.3 is 20.5 Å². The molecule has 0 saturated carbocycles. The minimum atomic E-state index is -5.29. The Morgan fingerprint density at radius 1 is 1.11 bits per heavy atom. The SMILES string of the molecule is COc1ccc(C2NC(=O)NC(O)(C(F)(F)F)C2C(=O)c2ccccc2)cc1. The van der Waals surface area contributed by atoms with Gasteiger partial charge in [0, 0.05) is 5.56 Å². The number of amides is 2. The Balaban J connectivity index is 2.13. The summed E-state index contributed by atoms with van der Waals surface area (Å²) in [7, 11) is 1.42. The number of hydrogen-bond donors (Lipinski definition) is 3. The van der Waals surface area contributed by atoms with Crippen LogP contribution in [0.4, 0.5) is 18.0 Å². The first-order valence-electron chi connectivity index (χ1n) is 8.28. The predicted octanol–water partition coefficient (Wildman–Crippen LogP) is 2.80. The molecule has 1 heterocycles. The van der Waals surface area contributed by atoms with E-state index in [9.17, 15) is 27.9 Å². The van der Waals surface area contributed by atoms with Gasteiger partial charge >= 0.3 is 12.2 Å². The third-order valence-electron chi connectivity index (χ3n) is 4.62. The summed E-state index contributed by atoms with van der Waals surface area (Å²) in [5, 5.41) is 14.3. The number of carbonyl (C=O) groups excluding carboxylic acids is 2. The van der Waals surface area contributed by atoms with Gasteiger partial charge in [-0.25, -0.2) is 4.79 Å². The summed E-state index contributed by atoms with van der Waals surface area (Å²) in [4.78, 5) is 24.9. The highest BCUT2D eigenvalue weighted by molar-refractivity contribution is 6.00. The second-order valence-electron chi connectivity index (χ2n) is 6.32. The minimum absolute atomic E-state index is 0.0216. The molecule has 0 bridgehead atoms. The average Bonchev–Trinajstić information content (AvgIpc) is 2.67. The fourth-order valence-corrected chi connectivity index (χ4v) is 3.21. The van der Waals surface area contributed by atoms with Crippen LogP contribution in [-0.4, -0.2) is 35.9 Å². The van der Waals surface area contributed by atoms with E-state index in [1.807, 2.05) is 0 Å². The number of halogens is 3. The van der Waals surface area contributed by atoms with Gasteiger partial charge in [0.2, 0.25) is 5.72 Å². The van der Waals surface area contributed by atoms with Crippen molar-refractivity contribution in [1.29, 1.82) is 0 Å². The van der Waals surface area contributed by atoms with Crippen molar-refractivity contribution in [2.75, 3.05) is 7.11 Å². The molecule has 3 N–H and O–H groups in total. The first-order chi connectivity index (χ1) is 13.2. The Labute approximate surface area is 158 Å². The first kappa shape index (κ1) is 19.7. The van der Waals surface area contributed by atoms with Crippen LogP contribution in [-0.2, 0) is 0 Å². The standard InChI is InChI=1S/C19H17F3N2O4/c1-28-13-9-7-11(8-10-13)15-14(16(25)12-5-3-2-4-6-12)18(27,19(20,21)22)24-17(26)23-15/h2-10,14-15,27H,1H3,(H2,23,24,26). The molecule has 0 aliphatic carbocycles. The Morgan fingerprint density at radius 2 is 1.71 bits per heavy atom. The van der Waals surface area contributed by atoms with Crippen molar-refractivity contribution in [1.82, 2.24) is 10.6 Å². The topological polar surface area (TPSA) is 87.7 Å². The van der Waals surface area contributed by atoms with Crippen molar-refractivity contribution in [2.24, 2.45) is 5.92 Å². The molecule has 0 spiro atoms. The Hall–Kier alpha value is -3.07. The van der Waals surface area contributed by atoms with Crippen molar-refractivity contribution in [3.05, 3.63) is 65.7 Å². The van der Waals surface area contributed by atoms with Crippen LogP contribution in [0.3, 0.4) is 0 Å². The molecule has 2 aromatic rings. The maximum absolute atomic E-state index is 13.8.